The topological polar surface area (TPSA) is 37.7 Å². The first-order valence-electron chi connectivity index (χ1n) is 6.26. The molecule has 4 nitrogen and oxygen atoms in total. The lowest BCUT2D eigenvalue weighted by Gasteiger charge is -2.40. The monoisotopic (exact) mass is 224 g/mol. The molecule has 16 heavy (non-hydrogen) atoms. The van der Waals surface area contributed by atoms with Gasteiger partial charge >= 0.3 is 0 Å². The number of hydrogen-bond acceptors (Lipinski definition) is 3. The third kappa shape index (κ3) is 2.81. The average molecular weight is 224 g/mol. The summed E-state index contributed by atoms with van der Waals surface area (Å²) in [5.74, 6) is 0.594. The fourth-order valence-corrected chi connectivity index (χ4v) is 2.58. The molecular weight excluding hydrogens is 202 g/mol. The zero-order valence-electron chi connectivity index (χ0n) is 10.4. The molecule has 0 aromatic rings. The third-order valence-electron chi connectivity index (χ3n) is 3.85. The van der Waals surface area contributed by atoms with Crippen molar-refractivity contribution >= 4 is 5.78 Å². The number of piperazine rings is 1. The molecule has 0 spiro atoms. The Bertz CT molecular complexity index is 249. The fourth-order valence-electron chi connectivity index (χ4n) is 2.58. The number of hydrogen-bond donors (Lipinski definition) is 0. The molecule has 0 N–H and O–H groups in total. The molecule has 2 aliphatic heterocycles. The highest BCUT2D eigenvalue weighted by Gasteiger charge is 2.30. The molecule has 91 valence electrons. The Balaban J connectivity index is 1.87. The maximum absolute atomic E-state index is 11.4. The molecule has 2 saturated heterocycles. The Kier molecular flexibility index (Phi) is 3.95. The molecule has 4 heteroatoms. The number of carbonyl (C=O) groups excluding carboxylic acids is 1. The summed E-state index contributed by atoms with van der Waals surface area (Å²) in [4.78, 5) is 16.2. The van der Waals surface area contributed by atoms with E-state index < -0.39 is 0 Å². The van der Waals surface area contributed by atoms with E-state index in [2.05, 4.69) is 22.2 Å². The van der Waals surface area contributed by atoms with E-state index in [-0.39, 0.29) is 5.92 Å². The quantitative estimate of drug-likeness (QED) is 0.671. The second-order valence-corrected chi connectivity index (χ2v) is 5.06. The van der Waals surface area contributed by atoms with Crippen LogP contribution in [0.4, 0.5) is 0 Å². The molecule has 2 unspecified atom stereocenters. The average Bonchev–Trinajstić information content (AvgIpc) is 2.30. The molecule has 0 aromatic heterocycles. The highest BCUT2D eigenvalue weighted by molar-refractivity contribution is 5.78. The van der Waals surface area contributed by atoms with E-state index in [1.165, 1.54) is 0 Å². The van der Waals surface area contributed by atoms with Gasteiger partial charge < -0.3 is 4.90 Å². The first-order chi connectivity index (χ1) is 7.66. The highest BCUT2D eigenvalue weighted by atomic mass is 16.1. The number of piperidine rings is 1. The molecule has 0 bridgehead atoms. The number of Topliss-reactive ketones (excluding diaryl/α,β-unsaturated/α-hetero) is 1. The van der Waals surface area contributed by atoms with Crippen molar-refractivity contribution < 1.29 is 4.79 Å². The molecule has 2 atom stereocenters. The molecule has 1 radical (unpaired) electrons. The van der Waals surface area contributed by atoms with Crippen molar-refractivity contribution in [1.29, 1.82) is 0 Å². The predicted octanol–water partition coefficient (Wildman–Crippen LogP) is 0.163. The van der Waals surface area contributed by atoms with Crippen LogP contribution < -0.4 is 5.32 Å². The minimum Gasteiger partial charge on any atom is -0.304 e. The van der Waals surface area contributed by atoms with Gasteiger partial charge in [-0.15, -0.1) is 0 Å². The van der Waals surface area contributed by atoms with E-state index in [4.69, 9.17) is 0 Å². The minimum atomic E-state index is 0.252. The van der Waals surface area contributed by atoms with Gasteiger partial charge in [-0.1, -0.05) is 0 Å². The molecule has 0 aliphatic carbocycles. The molecule has 2 rings (SSSR count). The number of likely N-dealkylation sites (N-methyl/N-ethyl adjacent to an activating group) is 1. The van der Waals surface area contributed by atoms with Gasteiger partial charge in [0.2, 0.25) is 0 Å². The van der Waals surface area contributed by atoms with Gasteiger partial charge in [0.25, 0.3) is 0 Å². The zero-order valence-corrected chi connectivity index (χ0v) is 10.4. The van der Waals surface area contributed by atoms with Crippen molar-refractivity contribution in [3.63, 3.8) is 0 Å². The van der Waals surface area contributed by atoms with Crippen molar-refractivity contribution in [3.8, 4) is 0 Å². The molecule has 0 saturated carbocycles. The van der Waals surface area contributed by atoms with Crippen LogP contribution in [0.2, 0.25) is 0 Å². The molecule has 0 aromatic carbocycles. The number of carbonyl (C=O) groups is 1. The van der Waals surface area contributed by atoms with E-state index in [9.17, 15) is 4.79 Å². The van der Waals surface area contributed by atoms with E-state index in [1.54, 1.807) is 6.92 Å². The minimum absolute atomic E-state index is 0.252. The van der Waals surface area contributed by atoms with Crippen LogP contribution in [0.5, 0.6) is 0 Å². The lowest BCUT2D eigenvalue weighted by Crippen LogP contribution is -2.54. The Labute approximate surface area is 98.0 Å². The maximum atomic E-state index is 11.4. The number of rotatable bonds is 2. The third-order valence-corrected chi connectivity index (χ3v) is 3.85. The smallest absolute Gasteiger partial charge is 0.133 e. The summed E-state index contributed by atoms with van der Waals surface area (Å²) in [6, 6.07) is 0. The van der Waals surface area contributed by atoms with Crippen LogP contribution >= 0.6 is 0 Å². The van der Waals surface area contributed by atoms with Gasteiger partial charge in [-0.3, -0.25) is 9.69 Å². The molecular formula is C12H22N3O. The standard InChI is InChI=1S/C12H22N3O/c1-10(16)11-3-4-13-12(9-11)15-7-5-14(2)6-8-15/h11-12H,3-9H2,1-2H3. The normalized spacial score (nSPS) is 33.9. The summed E-state index contributed by atoms with van der Waals surface area (Å²) in [6.45, 7) is 7.01. The number of nitrogens with zero attached hydrogens (tertiary/aromatic N) is 3. The Morgan fingerprint density at radius 1 is 1.25 bits per heavy atom. The van der Waals surface area contributed by atoms with Crippen LogP contribution in [0, 0.1) is 5.92 Å². The highest BCUT2D eigenvalue weighted by Crippen LogP contribution is 2.21. The lowest BCUT2D eigenvalue weighted by atomic mass is 9.92. The fraction of sp³-hybridized carbons (Fsp3) is 0.917. The van der Waals surface area contributed by atoms with Crippen LogP contribution in [0.3, 0.4) is 0 Å². The molecule has 0 amide bonds. The summed E-state index contributed by atoms with van der Waals surface area (Å²) in [7, 11) is 2.16. The number of ketones is 1. The van der Waals surface area contributed by atoms with Crippen LogP contribution in [-0.2, 0) is 4.79 Å². The SMILES string of the molecule is CC(=O)C1CC[N]C(N2CCN(C)CC2)C1. The van der Waals surface area contributed by atoms with Crippen LogP contribution in [-0.4, -0.2) is 61.5 Å². The van der Waals surface area contributed by atoms with Crippen LogP contribution in [0.15, 0.2) is 0 Å². The molecule has 2 fully saturated rings. The summed E-state index contributed by atoms with van der Waals surface area (Å²) in [5, 5.41) is 4.67. The zero-order chi connectivity index (χ0) is 11.5. The van der Waals surface area contributed by atoms with Crippen molar-refractivity contribution in [2.75, 3.05) is 39.8 Å². The largest absolute Gasteiger partial charge is 0.304 e. The summed E-state index contributed by atoms with van der Waals surface area (Å²) >= 11 is 0. The van der Waals surface area contributed by atoms with Crippen LogP contribution in [0.25, 0.3) is 0 Å². The second-order valence-electron chi connectivity index (χ2n) is 5.06. The summed E-state index contributed by atoms with van der Waals surface area (Å²) in [5.41, 5.74) is 0. The van der Waals surface area contributed by atoms with Gasteiger partial charge in [0.15, 0.2) is 0 Å². The van der Waals surface area contributed by atoms with Gasteiger partial charge in [0.05, 0.1) is 6.17 Å². The summed E-state index contributed by atoms with van der Waals surface area (Å²) < 4.78 is 0. The predicted molar refractivity (Wildman–Crippen MR) is 63.3 cm³/mol. The van der Waals surface area contributed by atoms with Gasteiger partial charge in [-0.25, -0.2) is 5.32 Å². The van der Waals surface area contributed by atoms with Gasteiger partial charge in [-0.2, -0.15) is 0 Å². The lowest BCUT2D eigenvalue weighted by molar-refractivity contribution is -0.122. The van der Waals surface area contributed by atoms with Gasteiger partial charge in [0, 0.05) is 38.6 Å². The van der Waals surface area contributed by atoms with E-state index >= 15 is 0 Å². The Morgan fingerprint density at radius 3 is 2.56 bits per heavy atom. The first kappa shape index (κ1) is 12.0. The van der Waals surface area contributed by atoms with Gasteiger partial charge in [-0.05, 0) is 26.8 Å². The summed E-state index contributed by atoms with van der Waals surface area (Å²) in [6.07, 6.45) is 2.20. The van der Waals surface area contributed by atoms with Crippen molar-refractivity contribution in [2.24, 2.45) is 5.92 Å². The Hall–Kier alpha value is -0.450. The van der Waals surface area contributed by atoms with Crippen molar-refractivity contribution in [1.82, 2.24) is 15.1 Å². The van der Waals surface area contributed by atoms with Crippen LogP contribution in [0.1, 0.15) is 19.8 Å². The maximum Gasteiger partial charge on any atom is 0.133 e. The molecule has 2 aliphatic rings. The first-order valence-corrected chi connectivity index (χ1v) is 6.26. The van der Waals surface area contributed by atoms with E-state index in [0.29, 0.717) is 11.9 Å². The van der Waals surface area contributed by atoms with Crippen molar-refractivity contribution in [2.45, 2.75) is 25.9 Å². The Morgan fingerprint density at radius 2 is 1.94 bits per heavy atom. The second kappa shape index (κ2) is 5.25. The van der Waals surface area contributed by atoms with Gasteiger partial charge in [0.1, 0.15) is 5.78 Å². The van der Waals surface area contributed by atoms with E-state index in [0.717, 1.165) is 45.6 Å². The van der Waals surface area contributed by atoms with E-state index in [1.807, 2.05) is 0 Å². The molecule has 2 heterocycles. The van der Waals surface area contributed by atoms with Crippen molar-refractivity contribution in [3.05, 3.63) is 0 Å².